The Kier molecular flexibility index (Phi) is 5.95. The number of carboxylic acids is 1. The highest BCUT2D eigenvalue weighted by molar-refractivity contribution is 8.18. The molecule has 7 nitrogen and oxygen atoms in total. The van der Waals surface area contributed by atoms with Crippen molar-refractivity contribution >= 4 is 35.0 Å². The van der Waals surface area contributed by atoms with Crippen molar-refractivity contribution in [2.75, 3.05) is 0 Å². The number of aliphatic carboxylic acids is 1. The summed E-state index contributed by atoms with van der Waals surface area (Å²) in [6.45, 7) is 0. The Hall–Kier alpha value is -3.24. The second kappa shape index (κ2) is 8.41. The first kappa shape index (κ1) is 20.5. The van der Waals surface area contributed by atoms with Crippen molar-refractivity contribution in [2.24, 2.45) is 5.73 Å². The molecule has 1 heterocycles. The van der Waals surface area contributed by atoms with Crippen LogP contribution in [0.5, 0.6) is 11.5 Å². The van der Waals surface area contributed by atoms with Crippen LogP contribution in [0.3, 0.4) is 0 Å². The number of benzene rings is 2. The number of amides is 2. The van der Waals surface area contributed by atoms with E-state index in [-0.39, 0.29) is 22.6 Å². The Morgan fingerprint density at radius 2 is 1.83 bits per heavy atom. The van der Waals surface area contributed by atoms with Crippen molar-refractivity contribution in [3.8, 4) is 11.5 Å². The highest BCUT2D eigenvalue weighted by Crippen LogP contribution is 2.30. The van der Waals surface area contributed by atoms with E-state index in [1.165, 1.54) is 18.2 Å². The minimum absolute atomic E-state index is 0.0890. The van der Waals surface area contributed by atoms with Gasteiger partial charge in [-0.2, -0.15) is 0 Å². The molecule has 150 valence electrons. The number of carbonyl (C=O) groups is 3. The molecule has 2 aromatic rings. The van der Waals surface area contributed by atoms with E-state index in [4.69, 9.17) is 15.6 Å². The largest absolute Gasteiger partial charge is 0.480 e. The summed E-state index contributed by atoms with van der Waals surface area (Å²) in [4.78, 5) is 33.7. The summed E-state index contributed by atoms with van der Waals surface area (Å²) in [7, 11) is 0. The lowest BCUT2D eigenvalue weighted by atomic mass is 10.1. The van der Waals surface area contributed by atoms with Crippen molar-refractivity contribution in [3.63, 3.8) is 0 Å². The fraction of sp³-hybridized carbons (Fsp3) is 0.105. The lowest BCUT2D eigenvalue weighted by Gasteiger charge is -2.11. The number of ether oxygens (including phenoxy) is 1. The topological polar surface area (TPSA) is 119 Å². The second-order valence-electron chi connectivity index (χ2n) is 6.06. The Balaban J connectivity index is 1.75. The van der Waals surface area contributed by atoms with Gasteiger partial charge >= 0.3 is 5.97 Å². The summed E-state index contributed by atoms with van der Waals surface area (Å²) in [5.74, 6) is -4.27. The fourth-order valence-corrected chi connectivity index (χ4v) is 3.17. The number of hydrogen-bond acceptors (Lipinski definition) is 6. The van der Waals surface area contributed by atoms with E-state index in [2.05, 4.69) is 5.32 Å². The number of nitrogens with two attached hydrogens (primary N) is 1. The van der Waals surface area contributed by atoms with E-state index >= 15 is 0 Å². The van der Waals surface area contributed by atoms with Gasteiger partial charge in [0.15, 0.2) is 17.4 Å². The van der Waals surface area contributed by atoms with Gasteiger partial charge in [0.1, 0.15) is 11.8 Å². The molecule has 1 aliphatic rings. The van der Waals surface area contributed by atoms with E-state index in [9.17, 15) is 23.2 Å². The molecule has 10 heteroatoms. The maximum atomic E-state index is 14.2. The van der Waals surface area contributed by atoms with Gasteiger partial charge in [-0.3, -0.25) is 19.7 Å². The smallest absolute Gasteiger partial charge is 0.320 e. The number of carbonyl (C=O) groups excluding carboxylic acids is 2. The lowest BCUT2D eigenvalue weighted by molar-refractivity contribution is -0.138. The van der Waals surface area contributed by atoms with Crippen LogP contribution in [0.15, 0.2) is 41.3 Å². The zero-order valence-electron chi connectivity index (χ0n) is 14.6. The average molecular weight is 420 g/mol. The van der Waals surface area contributed by atoms with Crippen LogP contribution in [-0.4, -0.2) is 28.3 Å². The summed E-state index contributed by atoms with van der Waals surface area (Å²) in [5.41, 5.74) is 6.05. The van der Waals surface area contributed by atoms with E-state index in [1.54, 1.807) is 12.1 Å². The quantitative estimate of drug-likeness (QED) is 0.615. The molecule has 0 bridgehead atoms. The molecular weight excluding hydrogens is 406 g/mol. The van der Waals surface area contributed by atoms with Gasteiger partial charge < -0.3 is 15.6 Å². The minimum atomic E-state index is -1.28. The summed E-state index contributed by atoms with van der Waals surface area (Å²) in [5, 5.41) is 10.5. The highest BCUT2D eigenvalue weighted by Gasteiger charge is 2.25. The maximum absolute atomic E-state index is 14.2. The van der Waals surface area contributed by atoms with E-state index in [0.29, 0.717) is 5.56 Å². The van der Waals surface area contributed by atoms with Crippen LogP contribution in [0.4, 0.5) is 13.6 Å². The molecule has 1 saturated heterocycles. The average Bonchev–Trinajstić information content (AvgIpc) is 2.96. The number of thioether (sulfide) groups is 1. The van der Waals surface area contributed by atoms with Gasteiger partial charge in [0.2, 0.25) is 0 Å². The van der Waals surface area contributed by atoms with Gasteiger partial charge in [-0.05, 0) is 59.7 Å². The number of hydrogen-bond donors (Lipinski definition) is 3. The van der Waals surface area contributed by atoms with Crippen LogP contribution in [0, 0.1) is 11.6 Å². The third-order valence-corrected chi connectivity index (χ3v) is 4.68. The lowest BCUT2D eigenvalue weighted by Crippen LogP contribution is -2.32. The molecule has 0 saturated carbocycles. The Bertz CT molecular complexity index is 1000. The predicted octanol–water partition coefficient (Wildman–Crippen LogP) is 3.04. The van der Waals surface area contributed by atoms with Crippen molar-refractivity contribution < 1.29 is 33.0 Å². The normalized spacial score (nSPS) is 16.0. The van der Waals surface area contributed by atoms with Crippen molar-refractivity contribution in [2.45, 2.75) is 12.5 Å². The number of halogens is 2. The third-order valence-electron chi connectivity index (χ3n) is 3.87. The van der Waals surface area contributed by atoms with Gasteiger partial charge in [-0.1, -0.05) is 12.1 Å². The van der Waals surface area contributed by atoms with E-state index in [0.717, 1.165) is 23.9 Å². The van der Waals surface area contributed by atoms with E-state index in [1.807, 2.05) is 0 Å². The van der Waals surface area contributed by atoms with E-state index < -0.39 is 40.5 Å². The van der Waals surface area contributed by atoms with Gasteiger partial charge in [0, 0.05) is 0 Å². The number of imide groups is 1. The monoisotopic (exact) mass is 420 g/mol. The molecule has 1 unspecified atom stereocenters. The summed E-state index contributed by atoms with van der Waals surface area (Å²) in [6, 6.07) is 6.64. The SMILES string of the molecule is NC(Cc1cc(F)c(Oc2ccc(/C=C3/SC(=O)NC3=O)cc2)c(F)c1)C(=O)O. The first-order valence-electron chi connectivity index (χ1n) is 8.22. The zero-order valence-corrected chi connectivity index (χ0v) is 15.5. The molecule has 3 rings (SSSR count). The fourth-order valence-electron chi connectivity index (χ4n) is 2.49. The zero-order chi connectivity index (χ0) is 21.1. The molecule has 29 heavy (non-hydrogen) atoms. The summed E-state index contributed by atoms with van der Waals surface area (Å²) >= 11 is 0.772. The molecule has 1 aliphatic heterocycles. The third kappa shape index (κ3) is 4.98. The summed E-state index contributed by atoms with van der Waals surface area (Å²) in [6.07, 6.45) is 1.26. The molecular formula is C19H14F2N2O5S. The molecule has 0 radical (unpaired) electrons. The second-order valence-corrected chi connectivity index (χ2v) is 7.08. The van der Waals surface area contributed by atoms with Gasteiger partial charge in [-0.25, -0.2) is 8.78 Å². The van der Waals surface area contributed by atoms with Crippen LogP contribution in [-0.2, 0) is 16.0 Å². The maximum Gasteiger partial charge on any atom is 0.320 e. The molecule has 4 N–H and O–H groups in total. The molecule has 2 amide bonds. The number of carboxylic acid groups (broad SMARTS) is 1. The highest BCUT2D eigenvalue weighted by atomic mass is 32.2. The van der Waals surface area contributed by atoms with Gasteiger partial charge in [0.05, 0.1) is 4.91 Å². The summed E-state index contributed by atoms with van der Waals surface area (Å²) < 4.78 is 33.7. The number of nitrogens with one attached hydrogen (secondary N) is 1. The number of rotatable bonds is 6. The molecule has 1 fully saturated rings. The van der Waals surface area contributed by atoms with Crippen LogP contribution in [0.1, 0.15) is 11.1 Å². The Morgan fingerprint density at radius 3 is 2.34 bits per heavy atom. The van der Waals surface area contributed by atoms with Crippen molar-refractivity contribution in [1.29, 1.82) is 0 Å². The van der Waals surface area contributed by atoms with Crippen LogP contribution in [0.25, 0.3) is 6.08 Å². The first-order valence-corrected chi connectivity index (χ1v) is 9.03. The molecule has 0 aromatic heterocycles. The van der Waals surface area contributed by atoms with Gasteiger partial charge in [0.25, 0.3) is 11.1 Å². The van der Waals surface area contributed by atoms with Gasteiger partial charge in [-0.15, -0.1) is 0 Å². The molecule has 0 aliphatic carbocycles. The molecule has 0 spiro atoms. The molecule has 1 atom stereocenters. The minimum Gasteiger partial charge on any atom is -0.480 e. The Labute approximate surface area is 167 Å². The van der Waals surface area contributed by atoms with Crippen LogP contribution in [0.2, 0.25) is 0 Å². The Morgan fingerprint density at radius 1 is 1.21 bits per heavy atom. The van der Waals surface area contributed by atoms with Crippen molar-refractivity contribution in [1.82, 2.24) is 5.32 Å². The standard InChI is InChI=1S/C19H14F2N2O5S/c20-12-5-10(7-14(22)18(25)26)6-13(21)16(12)28-11-3-1-9(2-4-11)8-15-17(24)23-19(27)29-15/h1-6,8,14H,7,22H2,(H,25,26)(H,23,24,27)/b15-8+. The molecule has 2 aromatic carbocycles. The van der Waals surface area contributed by atoms with Crippen LogP contribution < -0.4 is 15.8 Å². The van der Waals surface area contributed by atoms with Crippen LogP contribution >= 0.6 is 11.8 Å². The predicted molar refractivity (Wildman–Crippen MR) is 101 cm³/mol. The van der Waals surface area contributed by atoms with Crippen molar-refractivity contribution in [3.05, 3.63) is 64.1 Å². The first-order chi connectivity index (χ1) is 13.7.